The lowest BCUT2D eigenvalue weighted by atomic mass is 10.2. The Kier molecular flexibility index (Phi) is 5.61. The van der Waals surface area contributed by atoms with Crippen LogP contribution >= 0.6 is 0 Å². The van der Waals surface area contributed by atoms with Crippen LogP contribution in [0.2, 0.25) is 0 Å². The number of carbonyl (C=O) groups is 1. The van der Waals surface area contributed by atoms with Crippen LogP contribution in [0.4, 0.5) is 0 Å². The molecule has 0 saturated heterocycles. The Morgan fingerprint density at radius 3 is 2.08 bits per heavy atom. The number of carbonyl (C=O) groups excluding carboxylic acids is 1. The minimum absolute atomic E-state index is 0.0856. The Hall–Kier alpha value is -0.650. The summed E-state index contributed by atoms with van der Waals surface area (Å²) in [5.74, 6) is -0.391. The van der Waals surface area contributed by atoms with Gasteiger partial charge in [0.05, 0.1) is 12.1 Å². The van der Waals surface area contributed by atoms with Gasteiger partial charge in [-0.05, 0) is 13.8 Å². The highest BCUT2D eigenvalue weighted by molar-refractivity contribution is 5.79. The number of hydrogen-bond acceptors (Lipinski definition) is 4. The van der Waals surface area contributed by atoms with Gasteiger partial charge < -0.3 is 15.2 Å². The van der Waals surface area contributed by atoms with Crippen molar-refractivity contribution in [3.63, 3.8) is 0 Å². The molecule has 0 radical (unpaired) electrons. The number of nitrogens with one attached hydrogen (secondary N) is 1. The quantitative estimate of drug-likeness (QED) is 0.551. The van der Waals surface area contributed by atoms with E-state index in [1.165, 1.54) is 0 Å². The predicted octanol–water partition coefficient (Wildman–Crippen LogP) is -0.543. The van der Waals surface area contributed by atoms with E-state index in [9.17, 15) is 4.79 Å². The number of hydrogen-bond donors (Lipinski definition) is 2. The van der Waals surface area contributed by atoms with Crippen molar-refractivity contribution in [2.24, 2.45) is 5.73 Å². The number of primary amides is 1. The van der Waals surface area contributed by atoms with Gasteiger partial charge in [0.2, 0.25) is 5.91 Å². The highest BCUT2D eigenvalue weighted by Gasteiger charge is 2.19. The van der Waals surface area contributed by atoms with Gasteiger partial charge in [0.25, 0.3) is 0 Å². The van der Waals surface area contributed by atoms with Crippen LogP contribution in [-0.2, 0) is 14.3 Å². The summed E-state index contributed by atoms with van der Waals surface area (Å²) >= 11 is 0. The summed E-state index contributed by atoms with van der Waals surface area (Å²) in [6.45, 7) is 3.55. The molecule has 0 aliphatic carbocycles. The first-order chi connectivity index (χ1) is 6.02. The van der Waals surface area contributed by atoms with Gasteiger partial charge >= 0.3 is 0 Å². The fourth-order valence-electron chi connectivity index (χ4n) is 1.06. The van der Waals surface area contributed by atoms with Crippen molar-refractivity contribution in [2.45, 2.75) is 32.2 Å². The lowest BCUT2D eigenvalue weighted by Crippen LogP contribution is -2.48. The predicted molar refractivity (Wildman–Crippen MR) is 49.1 cm³/mol. The first kappa shape index (κ1) is 12.3. The number of amides is 1. The molecule has 0 aromatic heterocycles. The third-order valence-electron chi connectivity index (χ3n) is 1.81. The van der Waals surface area contributed by atoms with Crippen LogP contribution in [0, 0.1) is 0 Å². The zero-order chi connectivity index (χ0) is 10.4. The number of nitrogens with two attached hydrogens (primary N) is 1. The van der Waals surface area contributed by atoms with E-state index >= 15 is 0 Å². The molecular weight excluding hydrogens is 172 g/mol. The fraction of sp³-hybridized carbons (Fsp3) is 0.875. The van der Waals surface area contributed by atoms with Crippen LogP contribution < -0.4 is 11.1 Å². The maximum absolute atomic E-state index is 10.7. The summed E-state index contributed by atoms with van der Waals surface area (Å²) in [4.78, 5) is 10.7. The molecule has 0 heterocycles. The van der Waals surface area contributed by atoms with E-state index < -0.39 is 5.91 Å². The lowest BCUT2D eigenvalue weighted by Gasteiger charge is -2.24. The summed E-state index contributed by atoms with van der Waals surface area (Å²) in [7, 11) is 3.09. The fourth-order valence-corrected chi connectivity index (χ4v) is 1.06. The monoisotopic (exact) mass is 190 g/mol. The van der Waals surface area contributed by atoms with Crippen molar-refractivity contribution in [1.82, 2.24) is 5.32 Å². The minimum atomic E-state index is -0.391. The Morgan fingerprint density at radius 2 is 1.77 bits per heavy atom. The second-order valence-electron chi connectivity index (χ2n) is 2.92. The molecule has 0 aromatic rings. The molecule has 3 N–H and O–H groups in total. The molecule has 78 valence electrons. The van der Waals surface area contributed by atoms with E-state index in [1.807, 2.05) is 6.92 Å². The molecule has 0 fully saturated rings. The number of methoxy groups -OCH3 is 2. The van der Waals surface area contributed by atoms with E-state index in [2.05, 4.69) is 5.32 Å². The van der Waals surface area contributed by atoms with Gasteiger partial charge in [-0.25, -0.2) is 0 Å². The molecule has 2 unspecified atom stereocenters. The SMILES string of the molecule is COC(OC)C(C)NC(C)C(N)=O. The van der Waals surface area contributed by atoms with Crippen LogP contribution in [0.15, 0.2) is 0 Å². The average Bonchev–Trinajstić information content (AvgIpc) is 2.06. The Balaban J connectivity index is 3.96. The van der Waals surface area contributed by atoms with Crippen molar-refractivity contribution >= 4 is 5.91 Å². The molecule has 0 aliphatic rings. The van der Waals surface area contributed by atoms with Crippen molar-refractivity contribution in [3.8, 4) is 0 Å². The third kappa shape index (κ3) is 4.21. The molecule has 5 heteroatoms. The Morgan fingerprint density at radius 1 is 1.31 bits per heavy atom. The molecule has 0 saturated carbocycles. The van der Waals surface area contributed by atoms with E-state index in [0.29, 0.717) is 0 Å². The zero-order valence-electron chi connectivity index (χ0n) is 8.53. The summed E-state index contributed by atoms with van der Waals surface area (Å²) < 4.78 is 10.0. The molecular formula is C8H18N2O3. The van der Waals surface area contributed by atoms with Crippen LogP contribution in [0.5, 0.6) is 0 Å². The van der Waals surface area contributed by atoms with Crippen LogP contribution in [0.25, 0.3) is 0 Å². The van der Waals surface area contributed by atoms with Gasteiger partial charge in [-0.15, -0.1) is 0 Å². The van der Waals surface area contributed by atoms with E-state index in [0.717, 1.165) is 0 Å². The van der Waals surface area contributed by atoms with Crippen molar-refractivity contribution < 1.29 is 14.3 Å². The first-order valence-corrected chi connectivity index (χ1v) is 4.13. The van der Waals surface area contributed by atoms with Gasteiger partial charge in [0.1, 0.15) is 0 Å². The lowest BCUT2D eigenvalue weighted by molar-refractivity contribution is -0.127. The Labute approximate surface area is 78.6 Å². The van der Waals surface area contributed by atoms with Crippen molar-refractivity contribution in [3.05, 3.63) is 0 Å². The van der Waals surface area contributed by atoms with E-state index in [-0.39, 0.29) is 18.4 Å². The van der Waals surface area contributed by atoms with Crippen LogP contribution in [-0.4, -0.2) is 38.5 Å². The van der Waals surface area contributed by atoms with Gasteiger partial charge in [-0.2, -0.15) is 0 Å². The summed E-state index contributed by atoms with van der Waals surface area (Å²) in [6, 6.07) is -0.472. The van der Waals surface area contributed by atoms with E-state index in [4.69, 9.17) is 15.2 Å². The molecule has 0 aromatic carbocycles. The summed E-state index contributed by atoms with van der Waals surface area (Å²) in [6.07, 6.45) is -0.373. The molecule has 0 spiro atoms. The number of rotatable bonds is 6. The molecule has 1 amide bonds. The standard InChI is InChI=1S/C8H18N2O3/c1-5(7(9)11)10-6(2)8(12-3)13-4/h5-6,8,10H,1-4H3,(H2,9,11). The first-order valence-electron chi connectivity index (χ1n) is 4.13. The average molecular weight is 190 g/mol. The minimum Gasteiger partial charge on any atom is -0.368 e. The summed E-state index contributed by atoms with van der Waals surface area (Å²) in [5, 5.41) is 2.96. The Bertz CT molecular complexity index is 159. The molecule has 13 heavy (non-hydrogen) atoms. The summed E-state index contributed by atoms with van der Waals surface area (Å²) in [5.41, 5.74) is 5.08. The van der Waals surface area contributed by atoms with E-state index in [1.54, 1.807) is 21.1 Å². The maximum Gasteiger partial charge on any atom is 0.234 e. The van der Waals surface area contributed by atoms with Gasteiger partial charge in [-0.3, -0.25) is 10.1 Å². The van der Waals surface area contributed by atoms with Gasteiger partial charge in [0.15, 0.2) is 6.29 Å². The highest BCUT2D eigenvalue weighted by atomic mass is 16.7. The maximum atomic E-state index is 10.7. The van der Waals surface area contributed by atoms with Crippen molar-refractivity contribution in [1.29, 1.82) is 0 Å². The second kappa shape index (κ2) is 5.90. The third-order valence-corrected chi connectivity index (χ3v) is 1.81. The highest BCUT2D eigenvalue weighted by Crippen LogP contribution is 1.99. The topological polar surface area (TPSA) is 73.6 Å². The molecule has 0 aliphatic heterocycles. The van der Waals surface area contributed by atoms with Gasteiger partial charge in [-0.1, -0.05) is 0 Å². The normalized spacial score (nSPS) is 15.8. The second-order valence-corrected chi connectivity index (χ2v) is 2.92. The number of ether oxygens (including phenoxy) is 2. The van der Waals surface area contributed by atoms with Crippen LogP contribution in [0.3, 0.4) is 0 Å². The molecule has 2 atom stereocenters. The molecule has 0 bridgehead atoms. The molecule has 0 rings (SSSR count). The van der Waals surface area contributed by atoms with Crippen molar-refractivity contribution in [2.75, 3.05) is 14.2 Å². The zero-order valence-corrected chi connectivity index (χ0v) is 8.53. The largest absolute Gasteiger partial charge is 0.368 e. The smallest absolute Gasteiger partial charge is 0.234 e. The molecule has 5 nitrogen and oxygen atoms in total. The van der Waals surface area contributed by atoms with Gasteiger partial charge in [0, 0.05) is 14.2 Å². The van der Waals surface area contributed by atoms with Crippen LogP contribution in [0.1, 0.15) is 13.8 Å².